The molecule has 0 heterocycles. The fourth-order valence-corrected chi connectivity index (χ4v) is 2.18. The van der Waals surface area contributed by atoms with E-state index in [0.29, 0.717) is 11.7 Å². The van der Waals surface area contributed by atoms with E-state index in [1.165, 1.54) is 18.7 Å². The Kier molecular flexibility index (Phi) is 5.79. The first-order valence-corrected chi connectivity index (χ1v) is 5.28. The van der Waals surface area contributed by atoms with Gasteiger partial charge in [-0.15, -0.1) is 11.8 Å². The van der Waals surface area contributed by atoms with Crippen LogP contribution in [-0.4, -0.2) is 29.2 Å². The van der Waals surface area contributed by atoms with Crippen molar-refractivity contribution < 1.29 is 9.59 Å². The Morgan fingerprint density at radius 3 is 2.23 bits per heavy atom. The summed E-state index contributed by atoms with van der Waals surface area (Å²) in [5.41, 5.74) is 0. The van der Waals surface area contributed by atoms with Crippen LogP contribution in [0.2, 0.25) is 0 Å². The molecule has 0 aromatic rings. The van der Waals surface area contributed by atoms with Crippen molar-refractivity contribution in [3.8, 4) is 0 Å². The van der Waals surface area contributed by atoms with E-state index in [2.05, 4.69) is 5.32 Å². The normalized spacial score (nSPS) is 12.7. The lowest BCUT2D eigenvalue weighted by molar-refractivity contribution is -0.123. The van der Waals surface area contributed by atoms with Crippen molar-refractivity contribution in [1.82, 2.24) is 5.32 Å². The third-order valence-corrected chi connectivity index (χ3v) is 2.70. The Bertz CT molecular complexity index is 192. The van der Waals surface area contributed by atoms with Gasteiger partial charge in [0.15, 0.2) is 0 Å². The molecule has 0 radical (unpaired) electrons. The lowest BCUT2D eigenvalue weighted by atomic mass is 10.2. The summed E-state index contributed by atoms with van der Waals surface area (Å²) in [5, 5.41) is 2.69. The molecule has 13 heavy (non-hydrogen) atoms. The summed E-state index contributed by atoms with van der Waals surface area (Å²) >= 11 is 1.53. The van der Waals surface area contributed by atoms with Crippen LogP contribution in [-0.2, 0) is 9.59 Å². The molecule has 0 aromatic carbocycles. The van der Waals surface area contributed by atoms with Crippen molar-refractivity contribution in [2.45, 2.75) is 37.7 Å². The molecule has 4 heteroatoms. The highest BCUT2D eigenvalue weighted by molar-refractivity contribution is 8.01. The molecule has 1 N–H and O–H groups in total. The number of Topliss-reactive ketones (excluding diaryl/α,β-unsaturated/α-hetero) is 1. The number of ketones is 1. The van der Waals surface area contributed by atoms with E-state index in [9.17, 15) is 9.59 Å². The standard InChI is InChI=1S/C9H17NO2S/c1-6(2)13-8(5-7(3)11)9(12)10-4/h6,8H,5H2,1-4H3,(H,10,12). The molecule has 0 bridgehead atoms. The highest BCUT2D eigenvalue weighted by atomic mass is 32.2. The van der Waals surface area contributed by atoms with E-state index in [-0.39, 0.29) is 16.9 Å². The van der Waals surface area contributed by atoms with E-state index in [1.807, 2.05) is 13.8 Å². The van der Waals surface area contributed by atoms with E-state index in [0.717, 1.165) is 0 Å². The molecule has 0 aliphatic carbocycles. The summed E-state index contributed by atoms with van der Waals surface area (Å²) in [6.07, 6.45) is 0.322. The van der Waals surface area contributed by atoms with Crippen LogP contribution in [0.3, 0.4) is 0 Å². The van der Waals surface area contributed by atoms with E-state index >= 15 is 0 Å². The van der Waals surface area contributed by atoms with Crippen molar-refractivity contribution in [3.05, 3.63) is 0 Å². The Morgan fingerprint density at radius 1 is 1.38 bits per heavy atom. The van der Waals surface area contributed by atoms with Crippen LogP contribution in [0.25, 0.3) is 0 Å². The Balaban J connectivity index is 4.18. The minimum absolute atomic E-state index is 0.0572. The molecule has 1 atom stereocenters. The number of nitrogens with one attached hydrogen (secondary N) is 1. The van der Waals surface area contributed by atoms with Gasteiger partial charge in [0.2, 0.25) is 5.91 Å². The molecule has 0 spiro atoms. The fraction of sp³-hybridized carbons (Fsp3) is 0.778. The Hall–Kier alpha value is -0.510. The molecule has 76 valence electrons. The molecule has 0 aliphatic heterocycles. The monoisotopic (exact) mass is 203 g/mol. The molecular weight excluding hydrogens is 186 g/mol. The minimum Gasteiger partial charge on any atom is -0.358 e. The van der Waals surface area contributed by atoms with Gasteiger partial charge < -0.3 is 5.32 Å². The number of hydrogen-bond acceptors (Lipinski definition) is 3. The van der Waals surface area contributed by atoms with E-state index in [4.69, 9.17) is 0 Å². The average Bonchev–Trinajstić information content (AvgIpc) is 2.00. The minimum atomic E-state index is -0.234. The van der Waals surface area contributed by atoms with Crippen molar-refractivity contribution in [2.24, 2.45) is 0 Å². The van der Waals surface area contributed by atoms with Gasteiger partial charge in [-0.1, -0.05) is 13.8 Å². The zero-order valence-electron chi connectivity index (χ0n) is 8.59. The molecule has 1 unspecified atom stereocenters. The van der Waals surface area contributed by atoms with Crippen LogP contribution in [0.1, 0.15) is 27.2 Å². The Labute approximate surface area is 83.7 Å². The van der Waals surface area contributed by atoms with Crippen molar-refractivity contribution in [2.75, 3.05) is 7.05 Å². The number of hydrogen-bond donors (Lipinski definition) is 1. The highest BCUT2D eigenvalue weighted by Crippen LogP contribution is 2.20. The fourth-order valence-electron chi connectivity index (χ4n) is 0.953. The summed E-state index contributed by atoms with van der Waals surface area (Å²) in [6.45, 7) is 5.54. The molecule has 0 saturated carbocycles. The van der Waals surface area contributed by atoms with Gasteiger partial charge in [0.05, 0.1) is 5.25 Å². The van der Waals surface area contributed by atoms with Crippen LogP contribution in [0, 0.1) is 0 Å². The number of rotatable bonds is 5. The van der Waals surface area contributed by atoms with Crippen LogP contribution in [0.5, 0.6) is 0 Å². The quantitative estimate of drug-likeness (QED) is 0.731. The molecule has 0 rings (SSSR count). The highest BCUT2D eigenvalue weighted by Gasteiger charge is 2.20. The van der Waals surface area contributed by atoms with Gasteiger partial charge in [0.25, 0.3) is 0 Å². The first-order chi connectivity index (χ1) is 5.97. The maximum absolute atomic E-state index is 11.3. The van der Waals surface area contributed by atoms with Gasteiger partial charge in [-0.2, -0.15) is 0 Å². The van der Waals surface area contributed by atoms with Gasteiger partial charge in [-0.3, -0.25) is 9.59 Å². The second-order valence-electron chi connectivity index (χ2n) is 3.19. The van der Waals surface area contributed by atoms with Gasteiger partial charge in [0.1, 0.15) is 5.78 Å². The van der Waals surface area contributed by atoms with E-state index in [1.54, 1.807) is 7.05 Å². The third kappa shape index (κ3) is 5.69. The summed E-state index contributed by atoms with van der Waals surface area (Å²) in [7, 11) is 1.59. The van der Waals surface area contributed by atoms with Crippen molar-refractivity contribution >= 4 is 23.5 Å². The van der Waals surface area contributed by atoms with Crippen LogP contribution >= 0.6 is 11.8 Å². The van der Waals surface area contributed by atoms with Crippen molar-refractivity contribution in [1.29, 1.82) is 0 Å². The van der Waals surface area contributed by atoms with Gasteiger partial charge in [-0.05, 0) is 12.2 Å². The summed E-state index contributed by atoms with van der Waals surface area (Å²) in [6, 6.07) is 0. The largest absolute Gasteiger partial charge is 0.358 e. The third-order valence-electron chi connectivity index (χ3n) is 1.45. The molecule has 0 aliphatic rings. The average molecular weight is 203 g/mol. The van der Waals surface area contributed by atoms with Gasteiger partial charge in [0, 0.05) is 13.5 Å². The van der Waals surface area contributed by atoms with Gasteiger partial charge in [-0.25, -0.2) is 0 Å². The lowest BCUT2D eigenvalue weighted by Gasteiger charge is -2.15. The second-order valence-corrected chi connectivity index (χ2v) is 4.98. The first kappa shape index (κ1) is 12.5. The summed E-state index contributed by atoms with van der Waals surface area (Å²) in [4.78, 5) is 22.2. The summed E-state index contributed by atoms with van der Waals surface area (Å²) < 4.78 is 0. The Morgan fingerprint density at radius 2 is 1.92 bits per heavy atom. The molecule has 0 aromatic heterocycles. The maximum atomic E-state index is 11.3. The number of carbonyl (C=O) groups excluding carboxylic acids is 2. The predicted molar refractivity (Wildman–Crippen MR) is 55.9 cm³/mol. The van der Waals surface area contributed by atoms with Gasteiger partial charge >= 0.3 is 0 Å². The maximum Gasteiger partial charge on any atom is 0.233 e. The summed E-state index contributed by atoms with van der Waals surface area (Å²) in [5.74, 6) is -0.00403. The molecular formula is C9H17NO2S. The number of thioether (sulfide) groups is 1. The van der Waals surface area contributed by atoms with E-state index < -0.39 is 0 Å². The topological polar surface area (TPSA) is 46.2 Å². The first-order valence-electron chi connectivity index (χ1n) is 4.33. The number of carbonyl (C=O) groups is 2. The van der Waals surface area contributed by atoms with Crippen LogP contribution in [0.4, 0.5) is 0 Å². The zero-order chi connectivity index (χ0) is 10.4. The van der Waals surface area contributed by atoms with Crippen LogP contribution in [0.15, 0.2) is 0 Å². The van der Waals surface area contributed by atoms with Crippen molar-refractivity contribution in [3.63, 3.8) is 0 Å². The van der Waals surface area contributed by atoms with Crippen LogP contribution < -0.4 is 5.32 Å². The lowest BCUT2D eigenvalue weighted by Crippen LogP contribution is -2.31. The molecule has 0 fully saturated rings. The smallest absolute Gasteiger partial charge is 0.233 e. The molecule has 0 saturated heterocycles. The SMILES string of the molecule is CNC(=O)C(CC(C)=O)SC(C)C. The molecule has 1 amide bonds. The predicted octanol–water partition coefficient (Wildman–Crippen LogP) is 1.22. The number of amides is 1. The zero-order valence-corrected chi connectivity index (χ0v) is 9.40. The molecule has 3 nitrogen and oxygen atoms in total. The second kappa shape index (κ2) is 6.02.